The summed E-state index contributed by atoms with van der Waals surface area (Å²) < 4.78 is 0. The second-order valence-corrected chi connectivity index (χ2v) is 2.66. The normalized spacial score (nSPS) is 14.5. The van der Waals surface area contributed by atoms with Gasteiger partial charge < -0.3 is 20.4 Å². The summed E-state index contributed by atoms with van der Waals surface area (Å²) in [5.41, 5.74) is 0. The van der Waals surface area contributed by atoms with Crippen LogP contribution in [-0.2, 0) is 0 Å². The second-order valence-electron chi connectivity index (χ2n) is 2.66. The predicted octanol–water partition coefficient (Wildman–Crippen LogP) is -0.501. The highest BCUT2D eigenvalue weighted by molar-refractivity contribution is 4.48. The van der Waals surface area contributed by atoms with Crippen LogP contribution in [0.2, 0.25) is 0 Å². The molecule has 0 radical (unpaired) electrons. The van der Waals surface area contributed by atoms with Gasteiger partial charge in [0.1, 0.15) is 0 Å². The molecule has 0 aliphatic rings. The molecule has 2 unspecified atom stereocenters. The van der Waals surface area contributed by atoms with E-state index in [2.05, 4.69) is 0 Å². The zero-order chi connectivity index (χ0) is 9.98. The van der Waals surface area contributed by atoms with Crippen LogP contribution in [0.5, 0.6) is 0 Å². The van der Waals surface area contributed by atoms with Crippen molar-refractivity contribution in [3.63, 3.8) is 0 Å². The van der Waals surface area contributed by atoms with Gasteiger partial charge in [0.25, 0.3) is 0 Å². The van der Waals surface area contributed by atoms with Gasteiger partial charge in [-0.3, -0.25) is 0 Å². The molecule has 0 saturated heterocycles. The summed E-state index contributed by atoms with van der Waals surface area (Å²) >= 11 is 0. The SMILES string of the molecule is CC(O)CO.CCCC(O)CO. The molecule has 4 heteroatoms. The van der Waals surface area contributed by atoms with Crippen molar-refractivity contribution < 1.29 is 20.4 Å². The zero-order valence-corrected chi connectivity index (χ0v) is 7.77. The maximum atomic E-state index is 8.61. The maximum absolute atomic E-state index is 8.61. The van der Waals surface area contributed by atoms with Gasteiger partial charge in [-0.25, -0.2) is 0 Å². The molecule has 0 aliphatic carbocycles. The zero-order valence-electron chi connectivity index (χ0n) is 7.77. The minimum absolute atomic E-state index is 0.103. The third kappa shape index (κ3) is 16.4. The highest BCUT2D eigenvalue weighted by Gasteiger charge is 1.95. The lowest BCUT2D eigenvalue weighted by Crippen LogP contribution is -2.10. The van der Waals surface area contributed by atoms with Gasteiger partial charge in [0.15, 0.2) is 0 Å². The van der Waals surface area contributed by atoms with Crippen LogP contribution in [-0.4, -0.2) is 45.8 Å². The van der Waals surface area contributed by atoms with Crippen molar-refractivity contribution >= 4 is 0 Å². The highest BCUT2D eigenvalue weighted by atomic mass is 16.3. The lowest BCUT2D eigenvalue weighted by atomic mass is 10.2. The van der Waals surface area contributed by atoms with E-state index in [1.54, 1.807) is 0 Å². The summed E-state index contributed by atoms with van der Waals surface area (Å²) in [4.78, 5) is 0. The Labute approximate surface area is 73.5 Å². The average Bonchev–Trinajstić information content (AvgIpc) is 2.06. The molecule has 0 saturated carbocycles. The van der Waals surface area contributed by atoms with Gasteiger partial charge >= 0.3 is 0 Å². The molecule has 76 valence electrons. The predicted molar refractivity (Wildman–Crippen MR) is 46.8 cm³/mol. The minimum atomic E-state index is -0.560. The van der Waals surface area contributed by atoms with E-state index in [0.717, 1.165) is 6.42 Å². The Morgan fingerprint density at radius 2 is 1.50 bits per heavy atom. The van der Waals surface area contributed by atoms with Crippen molar-refractivity contribution in [2.45, 2.75) is 38.9 Å². The average molecular weight is 180 g/mol. The molecule has 0 bridgehead atoms. The Hall–Kier alpha value is -0.160. The number of aliphatic hydroxyl groups is 4. The standard InChI is InChI=1S/C5H12O2.C3H8O2/c1-2-3-5(7)4-6;1-3(5)2-4/h5-7H,2-4H2,1H3;3-5H,2H2,1H3. The molecular weight excluding hydrogens is 160 g/mol. The van der Waals surface area contributed by atoms with Crippen LogP contribution >= 0.6 is 0 Å². The Morgan fingerprint density at radius 3 is 1.58 bits per heavy atom. The van der Waals surface area contributed by atoms with Crippen molar-refractivity contribution in [3.05, 3.63) is 0 Å². The monoisotopic (exact) mass is 180 g/mol. The van der Waals surface area contributed by atoms with Crippen LogP contribution < -0.4 is 0 Å². The first-order valence-corrected chi connectivity index (χ1v) is 4.16. The van der Waals surface area contributed by atoms with E-state index in [1.165, 1.54) is 6.92 Å². The van der Waals surface area contributed by atoms with E-state index in [4.69, 9.17) is 20.4 Å². The molecule has 0 aliphatic heterocycles. The summed E-state index contributed by atoms with van der Waals surface area (Å²) in [6, 6.07) is 0. The van der Waals surface area contributed by atoms with Gasteiger partial charge in [0.05, 0.1) is 25.4 Å². The van der Waals surface area contributed by atoms with Gasteiger partial charge in [-0.1, -0.05) is 13.3 Å². The summed E-state index contributed by atoms with van der Waals surface area (Å²) in [7, 11) is 0. The Kier molecular flexibility index (Phi) is 13.0. The van der Waals surface area contributed by atoms with Crippen LogP contribution in [0.1, 0.15) is 26.7 Å². The molecule has 0 aromatic rings. The van der Waals surface area contributed by atoms with Crippen LogP contribution in [0, 0.1) is 0 Å². The van der Waals surface area contributed by atoms with E-state index in [1.807, 2.05) is 6.92 Å². The molecule has 0 fully saturated rings. The van der Waals surface area contributed by atoms with Gasteiger partial charge in [0, 0.05) is 0 Å². The Morgan fingerprint density at radius 1 is 1.08 bits per heavy atom. The van der Waals surface area contributed by atoms with Crippen molar-refractivity contribution in [1.82, 2.24) is 0 Å². The Bertz CT molecular complexity index is 75.5. The molecular formula is C8H20O4. The van der Waals surface area contributed by atoms with Crippen molar-refractivity contribution in [2.24, 2.45) is 0 Å². The maximum Gasteiger partial charge on any atom is 0.0770 e. The molecule has 0 aromatic carbocycles. The van der Waals surface area contributed by atoms with Crippen molar-refractivity contribution in [2.75, 3.05) is 13.2 Å². The molecule has 4 N–H and O–H groups in total. The van der Waals surface area contributed by atoms with Gasteiger partial charge in [-0.05, 0) is 13.3 Å². The third-order valence-electron chi connectivity index (χ3n) is 1.10. The fraction of sp³-hybridized carbons (Fsp3) is 1.00. The fourth-order valence-corrected chi connectivity index (χ4v) is 0.425. The number of hydrogen-bond donors (Lipinski definition) is 4. The third-order valence-corrected chi connectivity index (χ3v) is 1.10. The van der Waals surface area contributed by atoms with Crippen molar-refractivity contribution in [3.8, 4) is 0 Å². The van der Waals surface area contributed by atoms with Gasteiger partial charge in [-0.15, -0.1) is 0 Å². The van der Waals surface area contributed by atoms with Crippen molar-refractivity contribution in [1.29, 1.82) is 0 Å². The number of aliphatic hydroxyl groups excluding tert-OH is 4. The smallest absolute Gasteiger partial charge is 0.0770 e. The van der Waals surface area contributed by atoms with E-state index < -0.39 is 12.2 Å². The second kappa shape index (κ2) is 10.8. The number of rotatable bonds is 4. The molecule has 0 aromatic heterocycles. The quantitative estimate of drug-likeness (QED) is 0.470. The highest BCUT2D eigenvalue weighted by Crippen LogP contribution is 1.92. The first kappa shape index (κ1) is 14.4. The first-order chi connectivity index (χ1) is 5.58. The van der Waals surface area contributed by atoms with Crippen LogP contribution in [0.4, 0.5) is 0 Å². The van der Waals surface area contributed by atoms with E-state index in [-0.39, 0.29) is 13.2 Å². The first-order valence-electron chi connectivity index (χ1n) is 4.16. The van der Waals surface area contributed by atoms with Gasteiger partial charge in [-0.2, -0.15) is 0 Å². The summed E-state index contributed by atoms with van der Waals surface area (Å²) in [5, 5.41) is 32.8. The van der Waals surface area contributed by atoms with E-state index in [9.17, 15) is 0 Å². The summed E-state index contributed by atoms with van der Waals surface area (Å²) in [5.74, 6) is 0. The molecule has 0 spiro atoms. The lowest BCUT2D eigenvalue weighted by Gasteiger charge is -2.01. The topological polar surface area (TPSA) is 80.9 Å². The lowest BCUT2D eigenvalue weighted by molar-refractivity contribution is 0.0877. The molecule has 4 nitrogen and oxygen atoms in total. The number of hydrogen-bond acceptors (Lipinski definition) is 4. The largest absolute Gasteiger partial charge is 0.394 e. The Balaban J connectivity index is 0. The molecule has 12 heavy (non-hydrogen) atoms. The summed E-state index contributed by atoms with van der Waals surface area (Å²) in [6.45, 7) is 3.26. The van der Waals surface area contributed by atoms with E-state index >= 15 is 0 Å². The van der Waals surface area contributed by atoms with E-state index in [0.29, 0.717) is 6.42 Å². The van der Waals surface area contributed by atoms with Crippen LogP contribution in [0.3, 0.4) is 0 Å². The molecule has 0 heterocycles. The molecule has 0 rings (SSSR count). The molecule has 2 atom stereocenters. The summed E-state index contributed by atoms with van der Waals surface area (Å²) in [6.07, 6.45) is 0.582. The van der Waals surface area contributed by atoms with Crippen LogP contribution in [0.15, 0.2) is 0 Å². The van der Waals surface area contributed by atoms with Gasteiger partial charge in [0.2, 0.25) is 0 Å². The minimum Gasteiger partial charge on any atom is -0.394 e. The fourth-order valence-electron chi connectivity index (χ4n) is 0.425. The van der Waals surface area contributed by atoms with Crippen LogP contribution in [0.25, 0.3) is 0 Å². The molecule has 0 amide bonds.